The third-order valence-corrected chi connectivity index (χ3v) is 12.9. The number of nitrogens with zero attached hydrogens (tertiary/aromatic N) is 4. The minimum atomic E-state index is -1.40. The molecule has 1 aromatic heterocycles. The summed E-state index contributed by atoms with van der Waals surface area (Å²) in [6.07, 6.45) is 1.22. The van der Waals surface area contributed by atoms with Crippen molar-refractivity contribution in [3.63, 3.8) is 0 Å². The van der Waals surface area contributed by atoms with E-state index in [1.807, 2.05) is 101 Å². The number of likely N-dealkylation sites (N-methyl/N-ethyl adjacent to an activating group) is 2. The standard InChI is InChI=1S/C46H68N4O10/c1-13-36-46(8)40(50(44(55)60-46)21-20-48(9)10)29(4)37(51)27(2)25-45(7,56-22-16-17-32-24-33-18-14-15-19-34(33)47-26-32)41(30(5)38(52)31(6)42(54)58-36)59-43-39(53)35(49(11)12)23-28(3)57-43/h14-19,24,26-31,35-36,39-41,43,53H,13,20-23,25H2,1-12H3/b17-16+/t27-,28-,29+,30+,31-,35+,36-,39-,40-,41-,43+,45-,46-/m1/s1. The molecular formula is C46H68N4O10. The lowest BCUT2D eigenvalue weighted by Gasteiger charge is -2.47. The number of carbonyl (C=O) groups is 4. The van der Waals surface area contributed by atoms with Crippen LogP contribution in [0.3, 0.4) is 0 Å². The summed E-state index contributed by atoms with van der Waals surface area (Å²) in [6.45, 7) is 14.9. The van der Waals surface area contributed by atoms with Gasteiger partial charge in [-0.15, -0.1) is 0 Å². The van der Waals surface area contributed by atoms with Gasteiger partial charge in [0.05, 0.1) is 36.0 Å². The van der Waals surface area contributed by atoms with E-state index in [0.717, 1.165) is 16.5 Å². The van der Waals surface area contributed by atoms with Crippen molar-refractivity contribution in [2.24, 2.45) is 23.7 Å². The molecule has 60 heavy (non-hydrogen) atoms. The van der Waals surface area contributed by atoms with Crippen molar-refractivity contribution in [3.05, 3.63) is 48.2 Å². The third-order valence-electron chi connectivity index (χ3n) is 12.9. The van der Waals surface area contributed by atoms with Gasteiger partial charge in [-0.2, -0.15) is 0 Å². The number of ketones is 2. The van der Waals surface area contributed by atoms with E-state index in [0.29, 0.717) is 13.0 Å². The Morgan fingerprint density at radius 2 is 1.70 bits per heavy atom. The Hall–Kier alpha value is -3.79. The molecule has 13 atom stereocenters. The van der Waals surface area contributed by atoms with Gasteiger partial charge in [0.2, 0.25) is 0 Å². The molecule has 3 aliphatic heterocycles. The topological polar surface area (TPSA) is 157 Å². The molecule has 14 heteroatoms. The monoisotopic (exact) mass is 836 g/mol. The van der Waals surface area contributed by atoms with Crippen LogP contribution < -0.4 is 0 Å². The van der Waals surface area contributed by atoms with Crippen molar-refractivity contribution < 1.29 is 48.0 Å². The third kappa shape index (κ3) is 10.1. The van der Waals surface area contributed by atoms with E-state index in [2.05, 4.69) is 4.98 Å². The Morgan fingerprint density at radius 3 is 2.37 bits per heavy atom. The zero-order valence-electron chi connectivity index (χ0n) is 37.6. The van der Waals surface area contributed by atoms with E-state index in [9.17, 15) is 24.3 Å². The van der Waals surface area contributed by atoms with Gasteiger partial charge in [0.25, 0.3) is 0 Å². The first kappa shape index (κ1) is 47.3. The van der Waals surface area contributed by atoms with Gasteiger partial charge in [-0.25, -0.2) is 4.79 Å². The quantitative estimate of drug-likeness (QED) is 0.228. The number of benzene rings is 1. The Balaban J connectivity index is 1.59. The number of rotatable bonds is 11. The Morgan fingerprint density at radius 1 is 1.00 bits per heavy atom. The van der Waals surface area contributed by atoms with Crippen molar-refractivity contribution in [3.8, 4) is 0 Å². The highest BCUT2D eigenvalue weighted by Crippen LogP contribution is 2.43. The highest BCUT2D eigenvalue weighted by molar-refractivity contribution is 6.00. The van der Waals surface area contributed by atoms with Gasteiger partial charge in [-0.3, -0.25) is 24.3 Å². The number of hydrogen-bond donors (Lipinski definition) is 1. The first-order chi connectivity index (χ1) is 28.2. The lowest BCUT2D eigenvalue weighted by Crippen LogP contribution is -2.60. The summed E-state index contributed by atoms with van der Waals surface area (Å²) in [6, 6.07) is 8.76. The number of aromatic nitrogens is 1. The Kier molecular flexibility index (Phi) is 15.4. The molecule has 0 aliphatic carbocycles. The van der Waals surface area contributed by atoms with Crippen LogP contribution in [-0.2, 0) is 38.1 Å². The maximum atomic E-state index is 14.9. The zero-order chi connectivity index (χ0) is 44.3. The minimum absolute atomic E-state index is 0.0580. The molecule has 0 spiro atoms. The van der Waals surface area contributed by atoms with Crippen LogP contribution in [-0.4, -0.2) is 150 Å². The summed E-state index contributed by atoms with van der Waals surface area (Å²) in [5.74, 6) is -5.12. The Bertz CT molecular complexity index is 1870. The fourth-order valence-corrected chi connectivity index (χ4v) is 9.56. The van der Waals surface area contributed by atoms with Crippen LogP contribution in [0.4, 0.5) is 4.79 Å². The maximum absolute atomic E-state index is 14.9. The van der Waals surface area contributed by atoms with Crippen LogP contribution in [0.5, 0.6) is 0 Å². The molecule has 2 aromatic rings. The zero-order valence-corrected chi connectivity index (χ0v) is 37.6. The number of pyridine rings is 1. The average Bonchev–Trinajstić information content (AvgIpc) is 3.47. The molecule has 0 unspecified atom stereocenters. The van der Waals surface area contributed by atoms with Gasteiger partial charge in [-0.05, 0) is 92.8 Å². The number of para-hydroxylation sites is 1. The van der Waals surface area contributed by atoms with Crippen LogP contribution in [0.2, 0.25) is 0 Å². The van der Waals surface area contributed by atoms with E-state index >= 15 is 0 Å². The van der Waals surface area contributed by atoms with Crippen LogP contribution in [0.25, 0.3) is 17.0 Å². The molecule has 14 nitrogen and oxygen atoms in total. The van der Waals surface area contributed by atoms with Crippen molar-refractivity contribution in [1.82, 2.24) is 19.7 Å². The number of ether oxygens (including phenoxy) is 5. The molecule has 3 saturated heterocycles. The number of amides is 1. The molecule has 0 radical (unpaired) electrons. The molecule has 5 rings (SSSR count). The number of Topliss-reactive ketones (excluding diaryl/α,β-unsaturated/α-hetero) is 2. The van der Waals surface area contributed by atoms with Gasteiger partial charge >= 0.3 is 12.1 Å². The summed E-state index contributed by atoms with van der Waals surface area (Å²) in [5, 5.41) is 12.7. The SMILES string of the molecule is CC[C@H]1OC(=O)[C@H](C)C(=O)[C@H](C)[C@@H](O[C@@H]2O[C@H](C)C[C@H](N(C)C)[C@H]2O)[C@](C)(OC/C=C/c2cnc3ccccc3c2)C[C@@H](C)C(=O)[C@H](C)[C@H]2N(CCN(C)C)C(=O)O[C@]12C. The molecule has 1 aromatic carbocycles. The number of esters is 1. The van der Waals surface area contributed by atoms with Crippen LogP contribution in [0.1, 0.15) is 80.2 Å². The molecule has 3 fully saturated rings. The number of fused-ring (bicyclic) bond motifs is 2. The molecule has 332 valence electrons. The Labute approximate surface area is 355 Å². The van der Waals surface area contributed by atoms with E-state index in [4.69, 9.17) is 23.7 Å². The van der Waals surface area contributed by atoms with Crippen LogP contribution in [0.15, 0.2) is 42.6 Å². The molecule has 3 aliphatic rings. The average molecular weight is 837 g/mol. The summed E-state index contributed by atoms with van der Waals surface area (Å²) in [5.41, 5.74) is -1.04. The van der Waals surface area contributed by atoms with Crippen molar-refractivity contribution in [2.75, 3.05) is 47.9 Å². The van der Waals surface area contributed by atoms with E-state index in [-0.39, 0.29) is 43.9 Å². The number of aliphatic hydroxyl groups excluding tert-OH is 1. The van der Waals surface area contributed by atoms with Gasteiger partial charge < -0.3 is 38.6 Å². The minimum Gasteiger partial charge on any atom is -0.458 e. The summed E-state index contributed by atoms with van der Waals surface area (Å²) < 4.78 is 32.1. The number of aliphatic hydroxyl groups is 1. The molecule has 0 bridgehead atoms. The van der Waals surface area contributed by atoms with Gasteiger partial charge in [0, 0.05) is 48.5 Å². The van der Waals surface area contributed by atoms with Crippen LogP contribution in [0, 0.1) is 23.7 Å². The molecule has 1 N–H and O–H groups in total. The van der Waals surface area contributed by atoms with Crippen molar-refractivity contribution >= 4 is 40.6 Å². The second-order valence-electron chi connectivity index (χ2n) is 18.2. The lowest BCUT2D eigenvalue weighted by molar-refractivity contribution is -0.296. The van der Waals surface area contributed by atoms with Crippen molar-refractivity contribution in [1.29, 1.82) is 0 Å². The van der Waals surface area contributed by atoms with E-state index in [1.54, 1.807) is 38.8 Å². The largest absolute Gasteiger partial charge is 0.458 e. The second-order valence-corrected chi connectivity index (χ2v) is 18.2. The number of carbonyl (C=O) groups excluding carboxylic acids is 4. The fourth-order valence-electron chi connectivity index (χ4n) is 9.56. The predicted octanol–water partition coefficient (Wildman–Crippen LogP) is 5.38. The first-order valence-corrected chi connectivity index (χ1v) is 21.4. The first-order valence-electron chi connectivity index (χ1n) is 21.4. The van der Waals surface area contributed by atoms with Gasteiger partial charge in [0.15, 0.2) is 17.7 Å². The lowest BCUT2D eigenvalue weighted by atomic mass is 9.73. The molecular weight excluding hydrogens is 769 g/mol. The summed E-state index contributed by atoms with van der Waals surface area (Å²) >= 11 is 0. The normalized spacial score (nSPS) is 36.2. The van der Waals surface area contributed by atoms with Crippen LogP contribution >= 0.6 is 0 Å². The molecule has 1 amide bonds. The van der Waals surface area contributed by atoms with E-state index in [1.165, 1.54) is 6.92 Å². The number of cyclic esters (lactones) is 1. The predicted molar refractivity (Wildman–Crippen MR) is 228 cm³/mol. The summed E-state index contributed by atoms with van der Waals surface area (Å²) in [7, 11) is 7.55. The van der Waals surface area contributed by atoms with Gasteiger partial charge in [-0.1, -0.05) is 58.0 Å². The van der Waals surface area contributed by atoms with Crippen molar-refractivity contribution in [2.45, 2.75) is 129 Å². The van der Waals surface area contributed by atoms with Gasteiger partial charge in [0.1, 0.15) is 23.9 Å². The smallest absolute Gasteiger partial charge is 0.410 e. The molecule has 0 saturated carbocycles. The maximum Gasteiger partial charge on any atom is 0.410 e. The number of hydrogen-bond acceptors (Lipinski definition) is 13. The highest BCUT2D eigenvalue weighted by atomic mass is 16.7. The highest BCUT2D eigenvalue weighted by Gasteiger charge is 2.60. The second kappa shape index (κ2) is 19.5. The summed E-state index contributed by atoms with van der Waals surface area (Å²) in [4.78, 5) is 67.3. The fraction of sp³-hybridized carbons (Fsp3) is 0.674. The molecule has 4 heterocycles. The van der Waals surface area contributed by atoms with E-state index < -0.39 is 83.4 Å².